The van der Waals surface area contributed by atoms with Crippen molar-refractivity contribution in [1.82, 2.24) is 5.32 Å². The van der Waals surface area contributed by atoms with E-state index in [1.165, 1.54) is 5.56 Å². The minimum Gasteiger partial charge on any atom is -0.377 e. The summed E-state index contributed by atoms with van der Waals surface area (Å²) in [6, 6.07) is 6.30. The van der Waals surface area contributed by atoms with Gasteiger partial charge >= 0.3 is 0 Å². The lowest BCUT2D eigenvalue weighted by Gasteiger charge is -2.19. The first-order valence-electron chi connectivity index (χ1n) is 5.59. The summed E-state index contributed by atoms with van der Waals surface area (Å²) in [7, 11) is 1.94. The Hall–Kier alpha value is -0.570. The van der Waals surface area contributed by atoms with Gasteiger partial charge in [-0.05, 0) is 45.0 Å². The lowest BCUT2D eigenvalue weighted by Crippen LogP contribution is -2.23. The lowest BCUT2D eigenvalue weighted by atomic mass is 10.1. The number of benzene rings is 1. The molecule has 0 aliphatic carbocycles. The van der Waals surface area contributed by atoms with E-state index in [9.17, 15) is 0 Å². The average molecular weight is 242 g/mol. The van der Waals surface area contributed by atoms with Crippen LogP contribution in [0.2, 0.25) is 5.02 Å². The summed E-state index contributed by atoms with van der Waals surface area (Å²) in [6.45, 7) is 6.77. The van der Waals surface area contributed by atoms with Gasteiger partial charge in [-0.1, -0.05) is 23.7 Å². The predicted molar refractivity (Wildman–Crippen MR) is 69.1 cm³/mol. The number of rotatable bonds is 5. The summed E-state index contributed by atoms with van der Waals surface area (Å²) in [5.41, 5.74) is 2.31. The quantitative estimate of drug-likeness (QED) is 0.854. The molecule has 1 N–H and O–H groups in total. The van der Waals surface area contributed by atoms with Crippen LogP contribution in [0.25, 0.3) is 0 Å². The van der Waals surface area contributed by atoms with Crippen LogP contribution < -0.4 is 5.32 Å². The van der Waals surface area contributed by atoms with Crippen molar-refractivity contribution in [2.45, 2.75) is 32.9 Å². The fourth-order valence-corrected chi connectivity index (χ4v) is 1.64. The van der Waals surface area contributed by atoms with Crippen molar-refractivity contribution in [2.75, 3.05) is 13.7 Å². The van der Waals surface area contributed by atoms with Crippen LogP contribution in [0, 0.1) is 6.92 Å². The molecule has 90 valence electrons. The van der Waals surface area contributed by atoms with Crippen LogP contribution in [-0.4, -0.2) is 19.8 Å². The average Bonchev–Trinajstić information content (AvgIpc) is 2.23. The Bertz CT molecular complexity index is 339. The molecule has 1 unspecified atom stereocenters. The number of hydrogen-bond donors (Lipinski definition) is 1. The summed E-state index contributed by atoms with van der Waals surface area (Å²) < 4.78 is 5.62. The van der Waals surface area contributed by atoms with Crippen LogP contribution in [0.4, 0.5) is 0 Å². The maximum Gasteiger partial charge on any atom is 0.0664 e. The first kappa shape index (κ1) is 13.5. The van der Waals surface area contributed by atoms with Crippen molar-refractivity contribution >= 4 is 11.6 Å². The number of nitrogens with one attached hydrogen (secondary N) is 1. The topological polar surface area (TPSA) is 21.3 Å². The van der Waals surface area contributed by atoms with E-state index in [-0.39, 0.29) is 12.1 Å². The fourth-order valence-electron chi connectivity index (χ4n) is 1.52. The van der Waals surface area contributed by atoms with E-state index >= 15 is 0 Å². The van der Waals surface area contributed by atoms with E-state index in [4.69, 9.17) is 16.3 Å². The molecule has 2 nitrogen and oxygen atoms in total. The molecule has 0 aliphatic heterocycles. The molecule has 0 aliphatic rings. The Morgan fingerprint density at radius 3 is 2.56 bits per heavy atom. The van der Waals surface area contributed by atoms with Gasteiger partial charge in [-0.3, -0.25) is 0 Å². The molecular weight excluding hydrogens is 222 g/mol. The molecule has 0 spiro atoms. The van der Waals surface area contributed by atoms with E-state index in [2.05, 4.69) is 11.4 Å². The molecule has 0 radical (unpaired) electrons. The zero-order valence-corrected chi connectivity index (χ0v) is 11.1. The van der Waals surface area contributed by atoms with Gasteiger partial charge in [0.1, 0.15) is 0 Å². The molecule has 1 rings (SSSR count). The smallest absolute Gasteiger partial charge is 0.0664 e. The molecule has 1 atom stereocenters. The fraction of sp³-hybridized carbons (Fsp3) is 0.538. The van der Waals surface area contributed by atoms with E-state index in [1.54, 1.807) is 0 Å². The first-order valence-corrected chi connectivity index (χ1v) is 5.97. The lowest BCUT2D eigenvalue weighted by molar-refractivity contribution is 0.0626. The standard InChI is InChI=1S/C13H20ClNO/c1-9(2)16-8-13(15-4)11-5-6-12(14)10(3)7-11/h5-7,9,13,15H,8H2,1-4H3. The van der Waals surface area contributed by atoms with E-state index in [0.717, 1.165) is 10.6 Å². The molecule has 3 heteroatoms. The highest BCUT2D eigenvalue weighted by Crippen LogP contribution is 2.21. The maximum absolute atomic E-state index is 6.00. The van der Waals surface area contributed by atoms with Gasteiger partial charge in [0.25, 0.3) is 0 Å². The van der Waals surface area contributed by atoms with E-state index in [1.807, 2.05) is 40.0 Å². The number of hydrogen-bond acceptors (Lipinski definition) is 2. The Balaban J connectivity index is 2.74. The minimum absolute atomic E-state index is 0.221. The zero-order valence-electron chi connectivity index (χ0n) is 10.4. The summed E-state index contributed by atoms with van der Waals surface area (Å²) in [5.74, 6) is 0. The molecule has 0 heterocycles. The second-order valence-electron chi connectivity index (χ2n) is 4.23. The molecule has 0 fully saturated rings. The van der Waals surface area contributed by atoms with Crippen molar-refractivity contribution in [3.05, 3.63) is 34.3 Å². The third-order valence-electron chi connectivity index (χ3n) is 2.53. The molecule has 16 heavy (non-hydrogen) atoms. The first-order chi connectivity index (χ1) is 7.54. The minimum atomic E-state index is 0.221. The van der Waals surface area contributed by atoms with Gasteiger partial charge in [0, 0.05) is 5.02 Å². The molecule has 1 aromatic carbocycles. The number of ether oxygens (including phenoxy) is 1. The highest BCUT2D eigenvalue weighted by Gasteiger charge is 2.11. The Kier molecular flexibility index (Phi) is 5.26. The molecule has 0 saturated heterocycles. The Morgan fingerprint density at radius 1 is 1.38 bits per heavy atom. The Labute approximate surface area is 103 Å². The molecule has 0 amide bonds. The van der Waals surface area contributed by atoms with Crippen LogP contribution in [-0.2, 0) is 4.74 Å². The largest absolute Gasteiger partial charge is 0.377 e. The highest BCUT2D eigenvalue weighted by atomic mass is 35.5. The second kappa shape index (κ2) is 6.24. The SMILES string of the molecule is CNC(COC(C)C)c1ccc(Cl)c(C)c1. The monoisotopic (exact) mass is 241 g/mol. The van der Waals surface area contributed by atoms with Gasteiger partial charge in [0.2, 0.25) is 0 Å². The van der Waals surface area contributed by atoms with Crippen LogP contribution in [0.1, 0.15) is 31.0 Å². The molecule has 1 aromatic rings. The number of aryl methyl sites for hydroxylation is 1. The van der Waals surface area contributed by atoms with Gasteiger partial charge in [-0.2, -0.15) is 0 Å². The summed E-state index contributed by atoms with van der Waals surface area (Å²) >= 11 is 6.00. The Morgan fingerprint density at radius 2 is 2.06 bits per heavy atom. The van der Waals surface area contributed by atoms with E-state index in [0.29, 0.717) is 6.61 Å². The predicted octanol–water partition coefficient (Wildman–Crippen LogP) is 3.33. The van der Waals surface area contributed by atoms with Crippen LogP contribution in [0.5, 0.6) is 0 Å². The van der Waals surface area contributed by atoms with Gasteiger partial charge < -0.3 is 10.1 Å². The molecule has 0 bridgehead atoms. The van der Waals surface area contributed by atoms with Crippen LogP contribution >= 0.6 is 11.6 Å². The summed E-state index contributed by atoms with van der Waals surface area (Å²) in [6.07, 6.45) is 0.254. The van der Waals surface area contributed by atoms with Crippen molar-refractivity contribution < 1.29 is 4.74 Å². The van der Waals surface area contributed by atoms with Crippen LogP contribution in [0.3, 0.4) is 0 Å². The number of likely N-dealkylation sites (N-methyl/N-ethyl adjacent to an activating group) is 1. The maximum atomic E-state index is 6.00. The second-order valence-corrected chi connectivity index (χ2v) is 4.64. The zero-order chi connectivity index (χ0) is 12.1. The van der Waals surface area contributed by atoms with Gasteiger partial charge in [0.15, 0.2) is 0 Å². The van der Waals surface area contributed by atoms with Crippen LogP contribution in [0.15, 0.2) is 18.2 Å². The summed E-state index contributed by atoms with van der Waals surface area (Å²) in [5, 5.41) is 4.06. The molecule has 0 aromatic heterocycles. The van der Waals surface area contributed by atoms with Gasteiger partial charge in [0.05, 0.1) is 18.8 Å². The normalized spacial score (nSPS) is 13.1. The number of halogens is 1. The third-order valence-corrected chi connectivity index (χ3v) is 2.95. The van der Waals surface area contributed by atoms with Gasteiger partial charge in [-0.15, -0.1) is 0 Å². The van der Waals surface area contributed by atoms with Crippen molar-refractivity contribution in [3.63, 3.8) is 0 Å². The third kappa shape index (κ3) is 3.78. The van der Waals surface area contributed by atoms with Crippen molar-refractivity contribution in [3.8, 4) is 0 Å². The summed E-state index contributed by atoms with van der Waals surface area (Å²) in [4.78, 5) is 0. The molecule has 0 saturated carbocycles. The van der Waals surface area contributed by atoms with E-state index < -0.39 is 0 Å². The molecular formula is C13H20ClNO. The van der Waals surface area contributed by atoms with Gasteiger partial charge in [-0.25, -0.2) is 0 Å². The van der Waals surface area contributed by atoms with Crippen molar-refractivity contribution in [1.29, 1.82) is 0 Å². The highest BCUT2D eigenvalue weighted by molar-refractivity contribution is 6.31. The van der Waals surface area contributed by atoms with Crippen molar-refractivity contribution in [2.24, 2.45) is 0 Å².